The summed E-state index contributed by atoms with van der Waals surface area (Å²) in [7, 11) is 0. The molecule has 26 heavy (non-hydrogen) atoms. The summed E-state index contributed by atoms with van der Waals surface area (Å²) < 4.78 is 44.3. The van der Waals surface area contributed by atoms with Crippen LogP contribution in [0.4, 0.5) is 18.9 Å². The topological polar surface area (TPSA) is 41.6 Å². The summed E-state index contributed by atoms with van der Waals surface area (Å²) >= 11 is 5.58. The van der Waals surface area contributed by atoms with Gasteiger partial charge in [0, 0.05) is 24.3 Å². The fraction of sp³-hybridized carbons (Fsp3) is 0.278. The zero-order chi connectivity index (χ0) is 18.7. The van der Waals surface area contributed by atoms with Crippen LogP contribution in [0.3, 0.4) is 0 Å². The number of para-hydroxylation sites is 1. The average Bonchev–Trinajstić information content (AvgIpc) is 2.77. The van der Waals surface area contributed by atoms with Crippen molar-refractivity contribution in [1.82, 2.24) is 4.90 Å². The number of nitrogens with zero attached hydrogens (tertiary/aromatic N) is 1. The minimum atomic E-state index is -4.58. The van der Waals surface area contributed by atoms with Crippen molar-refractivity contribution in [1.29, 1.82) is 0 Å². The Labute approximate surface area is 153 Å². The summed E-state index contributed by atoms with van der Waals surface area (Å²) in [4.78, 5) is 14.1. The van der Waals surface area contributed by atoms with Gasteiger partial charge in [0.05, 0.1) is 17.1 Å². The number of halogens is 4. The number of hydrogen-bond acceptors (Lipinski definition) is 3. The Morgan fingerprint density at radius 3 is 2.77 bits per heavy atom. The zero-order valence-corrected chi connectivity index (χ0v) is 14.4. The average molecular weight is 385 g/mol. The van der Waals surface area contributed by atoms with Gasteiger partial charge in [0.15, 0.2) is 0 Å². The standard InChI is InChI=1S/C18H16ClF3N2O2/c19-15-6-5-13(9-14(15)18(20,21)22)23-17(25)11-24-7-8-26-16-4-2-1-3-12(16)10-24/h1-6,9H,7-8,10-11H2,(H,23,25). The molecule has 0 bridgehead atoms. The molecule has 4 nitrogen and oxygen atoms in total. The SMILES string of the molecule is O=C(CN1CCOc2ccccc2C1)Nc1ccc(Cl)c(C(F)(F)F)c1. The first-order valence-electron chi connectivity index (χ1n) is 7.92. The summed E-state index contributed by atoms with van der Waals surface area (Å²) in [5, 5.41) is 2.09. The summed E-state index contributed by atoms with van der Waals surface area (Å²) in [5.41, 5.74) is 0.0379. The molecule has 2 aromatic carbocycles. The molecule has 1 amide bonds. The van der Waals surface area contributed by atoms with E-state index in [2.05, 4.69) is 5.32 Å². The van der Waals surface area contributed by atoms with Crippen LogP contribution in [0.2, 0.25) is 5.02 Å². The summed E-state index contributed by atoms with van der Waals surface area (Å²) in [6, 6.07) is 10.8. The van der Waals surface area contributed by atoms with Gasteiger partial charge in [-0.25, -0.2) is 0 Å². The third-order valence-electron chi connectivity index (χ3n) is 3.95. The van der Waals surface area contributed by atoms with Crippen LogP contribution in [0.5, 0.6) is 5.75 Å². The number of carbonyl (C=O) groups excluding carboxylic acids is 1. The van der Waals surface area contributed by atoms with Crippen molar-refractivity contribution in [2.75, 3.05) is 25.0 Å². The van der Waals surface area contributed by atoms with Crippen molar-refractivity contribution in [2.45, 2.75) is 12.7 Å². The van der Waals surface area contributed by atoms with Crippen LogP contribution in [0.15, 0.2) is 42.5 Å². The fourth-order valence-electron chi connectivity index (χ4n) is 2.74. The van der Waals surface area contributed by atoms with Crippen LogP contribution < -0.4 is 10.1 Å². The molecule has 2 aromatic rings. The van der Waals surface area contributed by atoms with Crippen molar-refractivity contribution in [3.8, 4) is 5.75 Å². The molecule has 0 saturated carbocycles. The molecular weight excluding hydrogens is 369 g/mol. The van der Waals surface area contributed by atoms with E-state index in [1.165, 1.54) is 6.07 Å². The van der Waals surface area contributed by atoms with Crippen LogP contribution in [0, 0.1) is 0 Å². The van der Waals surface area contributed by atoms with Crippen molar-refractivity contribution in [3.05, 3.63) is 58.6 Å². The normalized spacial score (nSPS) is 14.9. The minimum Gasteiger partial charge on any atom is -0.492 e. The molecule has 0 aromatic heterocycles. The quantitative estimate of drug-likeness (QED) is 0.862. The van der Waals surface area contributed by atoms with Crippen LogP contribution in [0.25, 0.3) is 0 Å². The molecule has 1 N–H and O–H groups in total. The van der Waals surface area contributed by atoms with E-state index in [1.807, 2.05) is 29.2 Å². The Bertz CT molecular complexity index is 811. The smallest absolute Gasteiger partial charge is 0.417 e. The number of amides is 1. The molecule has 8 heteroatoms. The number of ether oxygens (including phenoxy) is 1. The molecule has 0 saturated heterocycles. The third-order valence-corrected chi connectivity index (χ3v) is 4.28. The van der Waals surface area contributed by atoms with Gasteiger partial charge < -0.3 is 10.1 Å². The highest BCUT2D eigenvalue weighted by Gasteiger charge is 2.33. The molecule has 1 heterocycles. The maximum atomic E-state index is 12.9. The molecule has 0 spiro atoms. The predicted octanol–water partition coefficient (Wildman–Crippen LogP) is 4.19. The Morgan fingerprint density at radius 1 is 1.23 bits per heavy atom. The van der Waals surface area contributed by atoms with Crippen LogP contribution in [-0.4, -0.2) is 30.5 Å². The largest absolute Gasteiger partial charge is 0.492 e. The van der Waals surface area contributed by atoms with Crippen molar-refractivity contribution in [3.63, 3.8) is 0 Å². The first-order chi connectivity index (χ1) is 12.3. The maximum Gasteiger partial charge on any atom is 0.417 e. The van der Waals surface area contributed by atoms with Crippen molar-refractivity contribution in [2.24, 2.45) is 0 Å². The Balaban J connectivity index is 1.66. The van der Waals surface area contributed by atoms with Crippen LogP contribution >= 0.6 is 11.6 Å². The van der Waals surface area contributed by atoms with Gasteiger partial charge in [-0.05, 0) is 24.3 Å². The van der Waals surface area contributed by atoms with E-state index in [4.69, 9.17) is 16.3 Å². The molecule has 3 rings (SSSR count). The lowest BCUT2D eigenvalue weighted by Gasteiger charge is -2.19. The molecule has 0 unspecified atom stereocenters. The van der Waals surface area contributed by atoms with E-state index in [-0.39, 0.29) is 12.2 Å². The number of rotatable bonds is 3. The summed E-state index contributed by atoms with van der Waals surface area (Å²) in [5.74, 6) is 0.378. The lowest BCUT2D eigenvalue weighted by Crippen LogP contribution is -2.34. The number of alkyl halides is 3. The number of fused-ring (bicyclic) bond motifs is 1. The minimum absolute atomic E-state index is 0.0433. The first kappa shape index (κ1) is 18.5. The Kier molecular flexibility index (Phi) is 5.38. The number of benzene rings is 2. The first-order valence-corrected chi connectivity index (χ1v) is 8.30. The van der Waals surface area contributed by atoms with Gasteiger partial charge >= 0.3 is 6.18 Å². The molecule has 1 aliphatic heterocycles. The second-order valence-corrected chi connectivity index (χ2v) is 6.31. The van der Waals surface area contributed by atoms with E-state index in [0.717, 1.165) is 23.4 Å². The maximum absolute atomic E-state index is 12.9. The highest BCUT2D eigenvalue weighted by atomic mass is 35.5. The fourth-order valence-corrected chi connectivity index (χ4v) is 2.96. The van der Waals surface area contributed by atoms with Gasteiger partial charge in [-0.1, -0.05) is 29.8 Å². The molecule has 138 valence electrons. The van der Waals surface area contributed by atoms with Gasteiger partial charge in [-0.2, -0.15) is 13.2 Å². The van der Waals surface area contributed by atoms with E-state index in [0.29, 0.717) is 19.7 Å². The Morgan fingerprint density at radius 2 is 2.00 bits per heavy atom. The highest BCUT2D eigenvalue weighted by Crippen LogP contribution is 2.36. The van der Waals surface area contributed by atoms with Gasteiger partial charge in [0.1, 0.15) is 12.4 Å². The lowest BCUT2D eigenvalue weighted by atomic mass is 10.2. The zero-order valence-electron chi connectivity index (χ0n) is 13.6. The summed E-state index contributed by atoms with van der Waals surface area (Å²) in [6.45, 7) is 1.54. The van der Waals surface area contributed by atoms with Gasteiger partial charge in [-0.3, -0.25) is 9.69 Å². The van der Waals surface area contributed by atoms with E-state index >= 15 is 0 Å². The molecule has 0 radical (unpaired) electrons. The van der Waals surface area contributed by atoms with Gasteiger partial charge in [-0.15, -0.1) is 0 Å². The third kappa shape index (κ3) is 4.47. The van der Waals surface area contributed by atoms with Crippen LogP contribution in [0.1, 0.15) is 11.1 Å². The molecule has 1 aliphatic rings. The van der Waals surface area contributed by atoms with Crippen molar-refractivity contribution >= 4 is 23.2 Å². The monoisotopic (exact) mass is 384 g/mol. The highest BCUT2D eigenvalue weighted by molar-refractivity contribution is 6.31. The summed E-state index contributed by atoms with van der Waals surface area (Å²) in [6.07, 6.45) is -4.58. The molecule has 0 atom stereocenters. The number of nitrogens with one attached hydrogen (secondary N) is 1. The molecule has 0 fully saturated rings. The molecular formula is C18H16ClF3N2O2. The number of hydrogen-bond donors (Lipinski definition) is 1. The van der Waals surface area contributed by atoms with Crippen molar-refractivity contribution < 1.29 is 22.7 Å². The van der Waals surface area contributed by atoms with E-state index in [1.54, 1.807) is 0 Å². The van der Waals surface area contributed by atoms with Crippen LogP contribution in [-0.2, 0) is 17.5 Å². The second kappa shape index (κ2) is 7.55. The second-order valence-electron chi connectivity index (χ2n) is 5.91. The van der Waals surface area contributed by atoms with E-state index in [9.17, 15) is 18.0 Å². The Hall–Kier alpha value is -2.25. The van der Waals surface area contributed by atoms with Gasteiger partial charge in [0.2, 0.25) is 5.91 Å². The number of carbonyl (C=O) groups is 1. The number of anilines is 1. The predicted molar refractivity (Wildman–Crippen MR) is 92.3 cm³/mol. The van der Waals surface area contributed by atoms with Gasteiger partial charge in [0.25, 0.3) is 0 Å². The molecule has 0 aliphatic carbocycles. The van der Waals surface area contributed by atoms with E-state index < -0.39 is 22.7 Å². The lowest BCUT2D eigenvalue weighted by molar-refractivity contribution is -0.137.